The van der Waals surface area contributed by atoms with Crippen molar-refractivity contribution in [3.63, 3.8) is 0 Å². The summed E-state index contributed by atoms with van der Waals surface area (Å²) in [4.78, 5) is 18.1. The van der Waals surface area contributed by atoms with Crippen molar-refractivity contribution in [1.82, 2.24) is 9.88 Å². The van der Waals surface area contributed by atoms with E-state index in [4.69, 9.17) is 21.6 Å². The number of nitrogens with zero attached hydrogens (tertiary/aromatic N) is 3. The van der Waals surface area contributed by atoms with E-state index in [0.717, 1.165) is 5.56 Å². The second-order valence-corrected chi connectivity index (χ2v) is 5.37. The molecular formula is C17H17ClN4O2. The fourth-order valence-corrected chi connectivity index (χ4v) is 2.29. The Balaban J connectivity index is 2.11. The molecule has 0 aliphatic carbocycles. The highest BCUT2D eigenvalue weighted by Gasteiger charge is 2.15. The lowest BCUT2D eigenvalue weighted by atomic mass is 10.2. The van der Waals surface area contributed by atoms with Gasteiger partial charge < -0.3 is 15.0 Å². The van der Waals surface area contributed by atoms with Gasteiger partial charge in [0.25, 0.3) is 0 Å². The molecule has 1 aromatic heterocycles. The van der Waals surface area contributed by atoms with Gasteiger partial charge in [-0.3, -0.25) is 4.98 Å². The molecule has 6 nitrogen and oxygen atoms in total. The van der Waals surface area contributed by atoms with E-state index >= 15 is 0 Å². The van der Waals surface area contributed by atoms with Crippen molar-refractivity contribution in [1.29, 1.82) is 5.26 Å². The van der Waals surface area contributed by atoms with E-state index in [9.17, 15) is 4.79 Å². The van der Waals surface area contributed by atoms with E-state index in [2.05, 4.69) is 10.3 Å². The number of aromatic nitrogens is 1. The number of benzene rings is 1. The zero-order valence-corrected chi connectivity index (χ0v) is 14.0. The number of halogens is 1. The predicted octanol–water partition coefficient (Wildman–Crippen LogP) is 3.69. The van der Waals surface area contributed by atoms with Crippen molar-refractivity contribution in [2.75, 3.05) is 19.0 Å². The SMILES string of the molecule is COc1ccc(NC(=O)N(CCC#N)Cc2cccnc2)c(Cl)c1. The van der Waals surface area contributed by atoms with Crippen molar-refractivity contribution < 1.29 is 9.53 Å². The molecule has 0 aliphatic heterocycles. The normalized spacial score (nSPS) is 9.88. The number of carbonyl (C=O) groups excluding carboxylic acids is 1. The van der Waals surface area contributed by atoms with Crippen LogP contribution in [0.3, 0.4) is 0 Å². The maximum atomic E-state index is 12.5. The highest BCUT2D eigenvalue weighted by Crippen LogP contribution is 2.27. The number of anilines is 1. The maximum absolute atomic E-state index is 12.5. The van der Waals surface area contributed by atoms with E-state index in [0.29, 0.717) is 29.5 Å². The lowest BCUT2D eigenvalue weighted by molar-refractivity contribution is 0.210. The molecule has 0 atom stereocenters. The molecule has 24 heavy (non-hydrogen) atoms. The highest BCUT2D eigenvalue weighted by atomic mass is 35.5. The van der Waals surface area contributed by atoms with E-state index in [1.807, 2.05) is 12.1 Å². The van der Waals surface area contributed by atoms with Crippen molar-refractivity contribution in [2.24, 2.45) is 0 Å². The number of ether oxygens (including phenoxy) is 1. The van der Waals surface area contributed by atoms with Crippen LogP contribution >= 0.6 is 11.6 Å². The summed E-state index contributed by atoms with van der Waals surface area (Å²) in [6, 6.07) is 10.4. The summed E-state index contributed by atoms with van der Waals surface area (Å²) in [6.45, 7) is 0.667. The molecular weight excluding hydrogens is 328 g/mol. The standard InChI is InChI=1S/C17H17ClN4O2/c1-24-14-5-6-16(15(18)10-14)21-17(23)22(9-3-7-19)12-13-4-2-8-20-11-13/h2,4-6,8,10-11H,3,9,12H2,1H3,(H,21,23). The van der Waals surface area contributed by atoms with Crippen LogP contribution in [0.1, 0.15) is 12.0 Å². The topological polar surface area (TPSA) is 78.2 Å². The molecule has 0 fully saturated rings. The minimum atomic E-state index is -0.332. The van der Waals surface area contributed by atoms with Gasteiger partial charge in [0, 0.05) is 31.5 Å². The lowest BCUT2D eigenvalue weighted by Crippen LogP contribution is -2.35. The van der Waals surface area contributed by atoms with Gasteiger partial charge in [0.15, 0.2) is 0 Å². The van der Waals surface area contributed by atoms with E-state index in [-0.39, 0.29) is 12.5 Å². The van der Waals surface area contributed by atoms with Gasteiger partial charge in [-0.1, -0.05) is 17.7 Å². The van der Waals surface area contributed by atoms with Crippen LogP contribution in [-0.2, 0) is 6.54 Å². The summed E-state index contributed by atoms with van der Waals surface area (Å²) in [7, 11) is 1.54. The first-order valence-electron chi connectivity index (χ1n) is 7.29. The Kier molecular flexibility index (Phi) is 6.41. The number of pyridine rings is 1. The number of hydrogen-bond donors (Lipinski definition) is 1. The van der Waals surface area contributed by atoms with Crippen LogP contribution in [-0.4, -0.2) is 29.6 Å². The number of rotatable bonds is 6. The molecule has 0 unspecified atom stereocenters. The fourth-order valence-electron chi connectivity index (χ4n) is 2.07. The second-order valence-electron chi connectivity index (χ2n) is 4.97. The van der Waals surface area contributed by atoms with Crippen molar-refractivity contribution in [2.45, 2.75) is 13.0 Å². The van der Waals surface area contributed by atoms with Crippen molar-refractivity contribution in [3.8, 4) is 11.8 Å². The molecule has 0 saturated carbocycles. The number of hydrogen-bond acceptors (Lipinski definition) is 4. The van der Waals surface area contributed by atoms with E-state index in [1.54, 1.807) is 48.7 Å². The third-order valence-corrected chi connectivity index (χ3v) is 3.61. The average Bonchev–Trinajstić information content (AvgIpc) is 2.61. The summed E-state index contributed by atoms with van der Waals surface area (Å²) in [5, 5.41) is 11.9. The molecule has 1 heterocycles. The Labute approximate surface area is 145 Å². The first kappa shape index (κ1) is 17.6. The van der Waals surface area contributed by atoms with Crippen LogP contribution in [0.25, 0.3) is 0 Å². The summed E-state index contributed by atoms with van der Waals surface area (Å²) >= 11 is 6.15. The Bertz CT molecular complexity index is 731. The van der Waals surface area contributed by atoms with Gasteiger partial charge >= 0.3 is 6.03 Å². The summed E-state index contributed by atoms with van der Waals surface area (Å²) in [6.07, 6.45) is 3.59. The zero-order valence-electron chi connectivity index (χ0n) is 13.2. The van der Waals surface area contributed by atoms with Crippen LogP contribution in [0.2, 0.25) is 5.02 Å². The van der Waals surface area contributed by atoms with Crippen LogP contribution in [0.5, 0.6) is 5.75 Å². The third kappa shape index (κ3) is 4.86. The molecule has 2 aromatic rings. The average molecular weight is 345 g/mol. The maximum Gasteiger partial charge on any atom is 0.322 e. The minimum absolute atomic E-state index is 0.240. The van der Waals surface area contributed by atoms with Crippen LogP contribution in [0, 0.1) is 11.3 Å². The number of methoxy groups -OCH3 is 1. The van der Waals surface area contributed by atoms with E-state index < -0.39 is 0 Å². The molecule has 1 N–H and O–H groups in total. The zero-order chi connectivity index (χ0) is 17.4. The number of carbonyl (C=O) groups is 1. The van der Waals surface area contributed by atoms with Crippen LogP contribution < -0.4 is 10.1 Å². The smallest absolute Gasteiger partial charge is 0.322 e. The Hall–Kier alpha value is -2.78. The molecule has 7 heteroatoms. The summed E-state index contributed by atoms with van der Waals surface area (Å²) in [5.74, 6) is 0.606. The molecule has 0 saturated heterocycles. The molecule has 124 valence electrons. The number of amides is 2. The van der Waals surface area contributed by atoms with Crippen LogP contribution in [0.15, 0.2) is 42.7 Å². The Morgan fingerprint density at radius 1 is 1.46 bits per heavy atom. The first-order valence-corrected chi connectivity index (χ1v) is 7.67. The van der Waals surface area contributed by atoms with Gasteiger partial charge in [-0.2, -0.15) is 5.26 Å². The lowest BCUT2D eigenvalue weighted by Gasteiger charge is -2.22. The summed E-state index contributed by atoms with van der Waals surface area (Å²) in [5.41, 5.74) is 1.36. The number of nitrogens with one attached hydrogen (secondary N) is 1. The van der Waals surface area contributed by atoms with Gasteiger partial charge in [0.05, 0.1) is 30.3 Å². The molecule has 0 bridgehead atoms. The number of urea groups is 1. The fraction of sp³-hybridized carbons (Fsp3) is 0.235. The monoisotopic (exact) mass is 344 g/mol. The largest absolute Gasteiger partial charge is 0.497 e. The Morgan fingerprint density at radius 3 is 2.92 bits per heavy atom. The quantitative estimate of drug-likeness (QED) is 0.866. The highest BCUT2D eigenvalue weighted by molar-refractivity contribution is 6.33. The molecule has 2 rings (SSSR count). The van der Waals surface area contributed by atoms with Gasteiger partial charge in [-0.05, 0) is 23.8 Å². The molecule has 2 amide bonds. The van der Waals surface area contributed by atoms with Crippen molar-refractivity contribution in [3.05, 3.63) is 53.3 Å². The van der Waals surface area contributed by atoms with Crippen LogP contribution in [0.4, 0.5) is 10.5 Å². The summed E-state index contributed by atoms with van der Waals surface area (Å²) < 4.78 is 5.08. The Morgan fingerprint density at radius 2 is 2.29 bits per heavy atom. The van der Waals surface area contributed by atoms with E-state index in [1.165, 1.54) is 0 Å². The molecule has 1 aromatic carbocycles. The molecule has 0 radical (unpaired) electrons. The first-order chi connectivity index (χ1) is 11.6. The third-order valence-electron chi connectivity index (χ3n) is 3.29. The minimum Gasteiger partial charge on any atom is -0.497 e. The van der Waals surface area contributed by atoms with Crippen molar-refractivity contribution >= 4 is 23.3 Å². The second kappa shape index (κ2) is 8.75. The predicted molar refractivity (Wildman–Crippen MR) is 91.9 cm³/mol. The molecule has 0 spiro atoms. The van der Waals surface area contributed by atoms with Gasteiger partial charge in [-0.15, -0.1) is 0 Å². The number of nitriles is 1. The van der Waals surface area contributed by atoms with Gasteiger partial charge in [0.2, 0.25) is 0 Å². The molecule has 0 aliphatic rings. The van der Waals surface area contributed by atoms with Gasteiger partial charge in [-0.25, -0.2) is 4.79 Å². The van der Waals surface area contributed by atoms with Gasteiger partial charge in [0.1, 0.15) is 5.75 Å².